The summed E-state index contributed by atoms with van der Waals surface area (Å²) in [5, 5.41) is 0. The van der Waals surface area contributed by atoms with E-state index in [0.717, 1.165) is 12.8 Å². The highest BCUT2D eigenvalue weighted by atomic mass is 16.4. The Morgan fingerprint density at radius 2 is 2.11 bits per heavy atom. The maximum absolute atomic E-state index is 12.8. The van der Waals surface area contributed by atoms with Crippen LogP contribution in [0.2, 0.25) is 0 Å². The molecule has 1 aliphatic heterocycles. The van der Waals surface area contributed by atoms with Crippen molar-refractivity contribution in [1.82, 2.24) is 19.0 Å². The molecule has 1 aromatic carbocycles. The lowest BCUT2D eigenvalue weighted by molar-refractivity contribution is -0.133. The molecule has 0 saturated carbocycles. The SMILES string of the molecule is Cn1ccnc1C(=O)[C@@H]1CCCN(C(=O)Cn2c(=O)oc3ccccc32)C1. The van der Waals surface area contributed by atoms with E-state index >= 15 is 0 Å². The van der Waals surface area contributed by atoms with Gasteiger partial charge in [0.15, 0.2) is 11.4 Å². The molecule has 0 radical (unpaired) electrons. The summed E-state index contributed by atoms with van der Waals surface area (Å²) < 4.78 is 8.21. The zero-order valence-corrected chi connectivity index (χ0v) is 15.0. The standard InChI is InChI=1S/C19H20N4O4/c1-21-10-8-20-18(21)17(25)13-5-4-9-22(11-13)16(24)12-23-14-6-2-3-7-15(14)27-19(23)26/h2-3,6-8,10,13H,4-5,9,11-12H2,1H3/t13-/m1/s1. The quantitative estimate of drug-likeness (QED) is 0.650. The van der Waals surface area contributed by atoms with Crippen LogP contribution in [0.3, 0.4) is 0 Å². The van der Waals surface area contributed by atoms with Gasteiger partial charge in [-0.1, -0.05) is 12.1 Å². The van der Waals surface area contributed by atoms with Gasteiger partial charge in [-0.3, -0.25) is 14.2 Å². The van der Waals surface area contributed by atoms with E-state index in [1.165, 1.54) is 4.57 Å². The third-order valence-corrected chi connectivity index (χ3v) is 5.05. The van der Waals surface area contributed by atoms with Crippen molar-refractivity contribution in [2.24, 2.45) is 13.0 Å². The molecule has 0 aliphatic carbocycles. The van der Waals surface area contributed by atoms with Crippen LogP contribution in [0.5, 0.6) is 0 Å². The van der Waals surface area contributed by atoms with Gasteiger partial charge in [0.1, 0.15) is 6.54 Å². The minimum atomic E-state index is -0.554. The minimum absolute atomic E-state index is 0.0501. The summed E-state index contributed by atoms with van der Waals surface area (Å²) in [5.41, 5.74) is 1.05. The lowest BCUT2D eigenvalue weighted by atomic mass is 9.93. The van der Waals surface area contributed by atoms with Crippen LogP contribution in [-0.2, 0) is 18.4 Å². The van der Waals surface area contributed by atoms with Crippen LogP contribution in [0.25, 0.3) is 11.1 Å². The maximum atomic E-state index is 12.8. The molecule has 1 amide bonds. The first kappa shape index (κ1) is 17.3. The summed E-state index contributed by atoms with van der Waals surface area (Å²) in [5.74, 6) is -0.665. The maximum Gasteiger partial charge on any atom is 0.420 e. The molecule has 1 atom stereocenters. The largest absolute Gasteiger partial charge is 0.420 e. The molecule has 140 valence electrons. The minimum Gasteiger partial charge on any atom is -0.408 e. The van der Waals surface area contributed by atoms with Gasteiger partial charge in [0, 0.05) is 38.4 Å². The lowest BCUT2D eigenvalue weighted by Crippen LogP contribution is -2.44. The van der Waals surface area contributed by atoms with Crippen LogP contribution in [0.1, 0.15) is 23.5 Å². The summed E-state index contributed by atoms with van der Waals surface area (Å²) in [7, 11) is 1.78. The topological polar surface area (TPSA) is 90.3 Å². The molecule has 1 aliphatic rings. The number of fused-ring (bicyclic) bond motifs is 1. The molecule has 27 heavy (non-hydrogen) atoms. The second-order valence-corrected chi connectivity index (χ2v) is 6.83. The van der Waals surface area contributed by atoms with Crippen LogP contribution in [0.4, 0.5) is 0 Å². The number of carbonyl (C=O) groups is 2. The summed E-state index contributed by atoms with van der Waals surface area (Å²) in [4.78, 5) is 43.3. The molecule has 8 nitrogen and oxygen atoms in total. The number of Topliss-reactive ketones (excluding diaryl/α,β-unsaturated/α-hetero) is 1. The molecular weight excluding hydrogens is 348 g/mol. The Morgan fingerprint density at radius 3 is 2.89 bits per heavy atom. The summed E-state index contributed by atoms with van der Waals surface area (Å²) in [6.45, 7) is 0.821. The number of para-hydroxylation sites is 2. The second-order valence-electron chi connectivity index (χ2n) is 6.83. The number of imidazole rings is 1. The highest BCUT2D eigenvalue weighted by Gasteiger charge is 2.31. The molecule has 0 spiro atoms. The molecule has 0 unspecified atom stereocenters. The van der Waals surface area contributed by atoms with Gasteiger partial charge in [-0.2, -0.15) is 0 Å². The number of carbonyl (C=O) groups excluding carboxylic acids is 2. The number of oxazole rings is 1. The average molecular weight is 368 g/mol. The Labute approximate surface area is 155 Å². The molecule has 0 bridgehead atoms. The predicted octanol–water partition coefficient (Wildman–Crippen LogP) is 1.45. The lowest BCUT2D eigenvalue weighted by Gasteiger charge is -2.31. The van der Waals surface area contributed by atoms with Gasteiger partial charge >= 0.3 is 5.76 Å². The highest BCUT2D eigenvalue weighted by Crippen LogP contribution is 2.21. The van der Waals surface area contributed by atoms with E-state index in [2.05, 4.69) is 4.98 Å². The average Bonchev–Trinajstić information content (AvgIpc) is 3.24. The van der Waals surface area contributed by atoms with Gasteiger partial charge < -0.3 is 13.9 Å². The first-order chi connectivity index (χ1) is 13.0. The number of piperidine rings is 1. The fraction of sp³-hybridized carbons (Fsp3) is 0.368. The van der Waals surface area contributed by atoms with Crippen LogP contribution in [0, 0.1) is 5.92 Å². The number of aromatic nitrogens is 3. The number of ketones is 1. The smallest absolute Gasteiger partial charge is 0.408 e. The monoisotopic (exact) mass is 368 g/mol. The fourth-order valence-corrected chi connectivity index (χ4v) is 3.60. The Balaban J connectivity index is 1.50. The number of likely N-dealkylation sites (tertiary alicyclic amines) is 1. The molecule has 8 heteroatoms. The number of rotatable bonds is 4. The number of amides is 1. The second kappa shape index (κ2) is 6.86. The van der Waals surface area contributed by atoms with Crippen molar-refractivity contribution < 1.29 is 14.0 Å². The Bertz CT molecular complexity index is 1060. The fourth-order valence-electron chi connectivity index (χ4n) is 3.60. The third-order valence-electron chi connectivity index (χ3n) is 5.05. The van der Waals surface area contributed by atoms with Crippen molar-refractivity contribution in [3.63, 3.8) is 0 Å². The molecule has 3 heterocycles. The van der Waals surface area contributed by atoms with E-state index < -0.39 is 5.76 Å². The number of hydrogen-bond acceptors (Lipinski definition) is 5. The van der Waals surface area contributed by atoms with E-state index in [-0.39, 0.29) is 24.2 Å². The van der Waals surface area contributed by atoms with E-state index in [1.807, 2.05) is 0 Å². The molecule has 3 aromatic rings. The summed E-state index contributed by atoms with van der Waals surface area (Å²) >= 11 is 0. The van der Waals surface area contributed by atoms with E-state index in [0.29, 0.717) is 30.0 Å². The molecule has 1 saturated heterocycles. The Hall–Kier alpha value is -3.16. The first-order valence-corrected chi connectivity index (χ1v) is 8.92. The van der Waals surface area contributed by atoms with Crippen molar-refractivity contribution in [3.8, 4) is 0 Å². The first-order valence-electron chi connectivity index (χ1n) is 8.92. The van der Waals surface area contributed by atoms with Crippen molar-refractivity contribution in [3.05, 3.63) is 53.0 Å². The van der Waals surface area contributed by atoms with Gasteiger partial charge in [-0.05, 0) is 25.0 Å². The zero-order valence-electron chi connectivity index (χ0n) is 15.0. The Kier molecular flexibility index (Phi) is 4.39. The van der Waals surface area contributed by atoms with Crippen molar-refractivity contribution in [2.45, 2.75) is 19.4 Å². The van der Waals surface area contributed by atoms with Crippen molar-refractivity contribution in [1.29, 1.82) is 0 Å². The summed E-state index contributed by atoms with van der Waals surface area (Å²) in [6.07, 6.45) is 4.79. The predicted molar refractivity (Wildman–Crippen MR) is 97.3 cm³/mol. The number of benzene rings is 1. The molecular formula is C19H20N4O4. The molecule has 4 rings (SSSR count). The van der Waals surface area contributed by atoms with Crippen LogP contribution in [0.15, 0.2) is 45.9 Å². The van der Waals surface area contributed by atoms with Crippen LogP contribution >= 0.6 is 0 Å². The van der Waals surface area contributed by atoms with Crippen LogP contribution < -0.4 is 5.76 Å². The van der Waals surface area contributed by atoms with Crippen molar-refractivity contribution >= 4 is 22.8 Å². The van der Waals surface area contributed by atoms with Gasteiger partial charge in [-0.15, -0.1) is 0 Å². The molecule has 1 fully saturated rings. The number of hydrogen-bond donors (Lipinski definition) is 0. The number of aryl methyl sites for hydroxylation is 1. The normalized spacial score (nSPS) is 17.4. The van der Waals surface area contributed by atoms with Crippen molar-refractivity contribution in [2.75, 3.05) is 13.1 Å². The van der Waals surface area contributed by atoms with E-state index in [9.17, 15) is 14.4 Å². The summed E-state index contributed by atoms with van der Waals surface area (Å²) in [6, 6.07) is 7.01. The van der Waals surface area contributed by atoms with Gasteiger partial charge in [0.25, 0.3) is 0 Å². The Morgan fingerprint density at radius 1 is 1.30 bits per heavy atom. The third kappa shape index (κ3) is 3.18. The van der Waals surface area contributed by atoms with E-state index in [4.69, 9.17) is 4.42 Å². The molecule has 0 N–H and O–H groups in total. The molecule has 2 aromatic heterocycles. The highest BCUT2D eigenvalue weighted by molar-refractivity contribution is 5.95. The zero-order chi connectivity index (χ0) is 19.0. The van der Waals surface area contributed by atoms with Gasteiger partial charge in [0.05, 0.1) is 5.52 Å². The van der Waals surface area contributed by atoms with Crippen LogP contribution in [-0.4, -0.2) is 43.8 Å². The van der Waals surface area contributed by atoms with Gasteiger partial charge in [0.2, 0.25) is 11.7 Å². The van der Waals surface area contributed by atoms with E-state index in [1.54, 1.807) is 53.2 Å². The van der Waals surface area contributed by atoms with Gasteiger partial charge in [-0.25, -0.2) is 9.78 Å². The number of nitrogens with zero attached hydrogens (tertiary/aromatic N) is 4.